The maximum atomic E-state index is 12.5. The molecule has 1 atom stereocenters. The average Bonchev–Trinajstić information content (AvgIpc) is 2.56. The molecule has 114 valence electrons. The molecule has 1 unspecified atom stereocenters. The standard InChI is InChI=1S/C15H18Cl2N2O2/c1-2-3-13-15(21)19(7-6-14(20)18-13)9-10-4-5-11(16)8-12(10)17/h4-5,8,13H,2-3,6-7,9H2,1H3,(H,18,20). The van der Waals surface area contributed by atoms with Crippen molar-refractivity contribution in [2.45, 2.75) is 38.8 Å². The first-order chi connectivity index (χ1) is 10.0. The van der Waals surface area contributed by atoms with Crippen LogP contribution in [0.5, 0.6) is 0 Å². The largest absolute Gasteiger partial charge is 0.344 e. The fourth-order valence-electron chi connectivity index (χ4n) is 2.39. The van der Waals surface area contributed by atoms with Crippen molar-refractivity contribution in [3.8, 4) is 0 Å². The van der Waals surface area contributed by atoms with Crippen LogP contribution < -0.4 is 5.32 Å². The lowest BCUT2D eigenvalue weighted by Crippen LogP contribution is -2.44. The van der Waals surface area contributed by atoms with E-state index in [2.05, 4.69) is 5.32 Å². The van der Waals surface area contributed by atoms with Gasteiger partial charge in [-0.25, -0.2) is 0 Å². The number of amides is 2. The monoisotopic (exact) mass is 328 g/mol. The van der Waals surface area contributed by atoms with Crippen molar-refractivity contribution >= 4 is 35.0 Å². The van der Waals surface area contributed by atoms with E-state index in [1.807, 2.05) is 13.0 Å². The highest BCUT2D eigenvalue weighted by Gasteiger charge is 2.29. The van der Waals surface area contributed by atoms with E-state index in [9.17, 15) is 9.59 Å². The lowest BCUT2D eigenvalue weighted by Gasteiger charge is -2.24. The van der Waals surface area contributed by atoms with E-state index in [1.54, 1.807) is 17.0 Å². The Labute approximate surface area is 134 Å². The summed E-state index contributed by atoms with van der Waals surface area (Å²) in [7, 11) is 0. The lowest BCUT2D eigenvalue weighted by molar-refractivity contribution is -0.134. The smallest absolute Gasteiger partial charge is 0.245 e. The first-order valence-corrected chi connectivity index (χ1v) is 7.79. The topological polar surface area (TPSA) is 49.4 Å². The van der Waals surface area contributed by atoms with E-state index >= 15 is 0 Å². The van der Waals surface area contributed by atoms with Crippen molar-refractivity contribution in [3.05, 3.63) is 33.8 Å². The number of hydrogen-bond donors (Lipinski definition) is 1. The van der Waals surface area contributed by atoms with E-state index in [0.29, 0.717) is 36.0 Å². The Kier molecular flexibility index (Phi) is 5.48. The van der Waals surface area contributed by atoms with Crippen LogP contribution in [-0.2, 0) is 16.1 Å². The summed E-state index contributed by atoms with van der Waals surface area (Å²) in [6, 6.07) is 4.79. The molecular formula is C15H18Cl2N2O2. The van der Waals surface area contributed by atoms with Gasteiger partial charge in [-0.1, -0.05) is 42.6 Å². The van der Waals surface area contributed by atoms with Gasteiger partial charge in [0.2, 0.25) is 11.8 Å². The van der Waals surface area contributed by atoms with Crippen molar-refractivity contribution in [2.24, 2.45) is 0 Å². The molecule has 1 aliphatic heterocycles. The van der Waals surface area contributed by atoms with Gasteiger partial charge in [-0.2, -0.15) is 0 Å². The first kappa shape index (κ1) is 16.1. The molecule has 1 aromatic carbocycles. The minimum atomic E-state index is -0.434. The van der Waals surface area contributed by atoms with Crippen LogP contribution in [0.25, 0.3) is 0 Å². The van der Waals surface area contributed by atoms with Crippen LogP contribution in [0.15, 0.2) is 18.2 Å². The van der Waals surface area contributed by atoms with E-state index < -0.39 is 6.04 Å². The van der Waals surface area contributed by atoms with E-state index in [1.165, 1.54) is 0 Å². The van der Waals surface area contributed by atoms with Crippen LogP contribution in [0, 0.1) is 0 Å². The van der Waals surface area contributed by atoms with Gasteiger partial charge in [0.1, 0.15) is 6.04 Å². The maximum absolute atomic E-state index is 12.5. The summed E-state index contributed by atoms with van der Waals surface area (Å²) < 4.78 is 0. The SMILES string of the molecule is CCCC1NC(=O)CCN(Cc2ccc(Cl)cc2Cl)C1=O. The predicted molar refractivity (Wildman–Crippen MR) is 83.3 cm³/mol. The molecule has 21 heavy (non-hydrogen) atoms. The summed E-state index contributed by atoms with van der Waals surface area (Å²) in [6.45, 7) is 2.79. The number of rotatable bonds is 4. The van der Waals surface area contributed by atoms with Gasteiger partial charge in [-0.3, -0.25) is 9.59 Å². The van der Waals surface area contributed by atoms with Crippen molar-refractivity contribution in [1.29, 1.82) is 0 Å². The van der Waals surface area contributed by atoms with Crippen LogP contribution in [0.1, 0.15) is 31.7 Å². The Morgan fingerprint density at radius 3 is 2.76 bits per heavy atom. The number of hydrogen-bond acceptors (Lipinski definition) is 2. The maximum Gasteiger partial charge on any atom is 0.245 e. The molecule has 0 aromatic heterocycles. The molecule has 0 radical (unpaired) electrons. The van der Waals surface area contributed by atoms with Gasteiger partial charge in [-0.15, -0.1) is 0 Å². The van der Waals surface area contributed by atoms with Gasteiger partial charge < -0.3 is 10.2 Å². The molecule has 0 aliphatic carbocycles. The zero-order valence-corrected chi connectivity index (χ0v) is 13.4. The molecule has 4 nitrogen and oxygen atoms in total. The van der Waals surface area contributed by atoms with Crippen molar-refractivity contribution in [1.82, 2.24) is 10.2 Å². The molecule has 1 N–H and O–H groups in total. The fourth-order valence-corrected chi connectivity index (χ4v) is 2.86. The van der Waals surface area contributed by atoms with Gasteiger partial charge >= 0.3 is 0 Å². The molecule has 0 saturated carbocycles. The van der Waals surface area contributed by atoms with Gasteiger partial charge in [-0.05, 0) is 24.1 Å². The molecule has 2 amide bonds. The van der Waals surface area contributed by atoms with Gasteiger partial charge in [0.15, 0.2) is 0 Å². The van der Waals surface area contributed by atoms with E-state index in [4.69, 9.17) is 23.2 Å². The van der Waals surface area contributed by atoms with Gasteiger partial charge in [0.05, 0.1) is 0 Å². The minimum absolute atomic E-state index is 0.0475. The van der Waals surface area contributed by atoms with E-state index in [0.717, 1.165) is 12.0 Å². The van der Waals surface area contributed by atoms with Crippen molar-refractivity contribution < 1.29 is 9.59 Å². The molecule has 1 aliphatic rings. The highest BCUT2D eigenvalue weighted by atomic mass is 35.5. The second-order valence-electron chi connectivity index (χ2n) is 5.15. The molecule has 0 spiro atoms. The summed E-state index contributed by atoms with van der Waals surface area (Å²) in [6.07, 6.45) is 1.80. The Bertz CT molecular complexity index is 548. The second kappa shape index (κ2) is 7.14. The lowest BCUT2D eigenvalue weighted by atomic mass is 10.1. The third-order valence-corrected chi connectivity index (χ3v) is 4.09. The van der Waals surface area contributed by atoms with Crippen molar-refractivity contribution in [3.63, 3.8) is 0 Å². The molecule has 1 aromatic rings. The van der Waals surface area contributed by atoms with Crippen LogP contribution >= 0.6 is 23.2 Å². The first-order valence-electron chi connectivity index (χ1n) is 7.03. The average molecular weight is 329 g/mol. The Balaban J connectivity index is 2.16. The van der Waals surface area contributed by atoms with Gasteiger partial charge in [0, 0.05) is 29.6 Å². The quantitative estimate of drug-likeness (QED) is 0.923. The number of nitrogens with one attached hydrogen (secondary N) is 1. The van der Waals surface area contributed by atoms with E-state index in [-0.39, 0.29) is 11.8 Å². The van der Waals surface area contributed by atoms with Crippen molar-refractivity contribution in [2.75, 3.05) is 6.54 Å². The highest BCUT2D eigenvalue weighted by molar-refractivity contribution is 6.35. The number of benzene rings is 1. The number of nitrogens with zero attached hydrogens (tertiary/aromatic N) is 1. The van der Waals surface area contributed by atoms with Crippen LogP contribution in [0.2, 0.25) is 10.0 Å². The molecule has 0 bridgehead atoms. The molecule has 1 heterocycles. The third-order valence-electron chi connectivity index (χ3n) is 3.51. The molecule has 1 fully saturated rings. The summed E-state index contributed by atoms with van der Waals surface area (Å²) >= 11 is 12.0. The molecule has 1 saturated heterocycles. The number of carbonyl (C=O) groups is 2. The molecule has 6 heteroatoms. The second-order valence-corrected chi connectivity index (χ2v) is 6.00. The van der Waals surface area contributed by atoms with Crippen LogP contribution in [-0.4, -0.2) is 29.3 Å². The summed E-state index contributed by atoms with van der Waals surface area (Å²) in [5, 5.41) is 3.88. The Morgan fingerprint density at radius 1 is 1.33 bits per heavy atom. The summed E-state index contributed by atoms with van der Waals surface area (Å²) in [5.74, 6) is -0.125. The third kappa shape index (κ3) is 4.11. The number of halogens is 2. The van der Waals surface area contributed by atoms with Crippen LogP contribution in [0.3, 0.4) is 0 Å². The highest BCUT2D eigenvalue weighted by Crippen LogP contribution is 2.23. The zero-order valence-electron chi connectivity index (χ0n) is 11.9. The predicted octanol–water partition coefficient (Wildman–Crippen LogP) is 3.01. The van der Waals surface area contributed by atoms with Crippen LogP contribution in [0.4, 0.5) is 0 Å². The molecular weight excluding hydrogens is 311 g/mol. The number of carbonyl (C=O) groups excluding carboxylic acids is 2. The minimum Gasteiger partial charge on any atom is -0.344 e. The normalized spacial score (nSPS) is 19.4. The summed E-state index contributed by atoms with van der Waals surface area (Å²) in [5.41, 5.74) is 0.832. The Morgan fingerprint density at radius 2 is 2.10 bits per heavy atom. The zero-order chi connectivity index (χ0) is 15.4. The van der Waals surface area contributed by atoms with Gasteiger partial charge in [0.25, 0.3) is 0 Å². The summed E-state index contributed by atoms with van der Waals surface area (Å²) in [4.78, 5) is 25.9. The fraction of sp³-hybridized carbons (Fsp3) is 0.467. The molecule has 2 rings (SSSR count). The Hall–Kier alpha value is -1.26.